The fourth-order valence-electron chi connectivity index (χ4n) is 4.65. The number of para-hydroxylation sites is 2. The maximum absolute atomic E-state index is 13.3. The summed E-state index contributed by atoms with van der Waals surface area (Å²) in [7, 11) is 2.05. The summed E-state index contributed by atoms with van der Waals surface area (Å²) in [5.74, 6) is 3.72. The summed E-state index contributed by atoms with van der Waals surface area (Å²) < 4.78 is 4.39. The van der Waals surface area contributed by atoms with E-state index in [2.05, 4.69) is 58.9 Å². The predicted molar refractivity (Wildman–Crippen MR) is 125 cm³/mol. The molecule has 160 valence electrons. The molecule has 1 fully saturated rings. The number of benzene rings is 1. The van der Waals surface area contributed by atoms with E-state index < -0.39 is 0 Å². The first kappa shape index (κ1) is 21.0. The average Bonchev–Trinajstić information content (AvgIpc) is 3.37. The summed E-state index contributed by atoms with van der Waals surface area (Å²) in [4.78, 5) is 18.2. The molecule has 3 heterocycles. The Morgan fingerprint density at radius 2 is 1.87 bits per heavy atom. The highest BCUT2D eigenvalue weighted by atomic mass is 32.2. The first-order valence-corrected chi connectivity index (χ1v) is 12.1. The number of aromatic nitrogens is 3. The van der Waals surface area contributed by atoms with Crippen LogP contribution in [-0.4, -0.2) is 31.5 Å². The van der Waals surface area contributed by atoms with Crippen molar-refractivity contribution in [3.05, 3.63) is 54.6 Å². The van der Waals surface area contributed by atoms with Gasteiger partial charge < -0.3 is 14.5 Å². The number of thioether (sulfide) groups is 1. The smallest absolute Gasteiger partial charge is 0.222 e. The van der Waals surface area contributed by atoms with Gasteiger partial charge in [0.2, 0.25) is 5.91 Å². The highest BCUT2D eigenvalue weighted by Crippen LogP contribution is 2.37. The summed E-state index contributed by atoms with van der Waals surface area (Å²) in [6, 6.07) is 12.2. The Bertz CT molecular complexity index is 986. The molecule has 1 aromatic carbocycles. The standard InChI is InChI=1S/C24H32N4OS/c1-18(2)16-20(23-26-19-8-4-5-9-21(19)27(23)3)25-22(29)17-24(10-14-30-15-11-24)28-12-6-7-13-28/h4-9,12-13,18,20H,10-11,14-17H2,1-3H3,(H,25,29)/t20-/m1/s1. The summed E-state index contributed by atoms with van der Waals surface area (Å²) in [6.07, 6.45) is 7.67. The van der Waals surface area contributed by atoms with Crippen molar-refractivity contribution < 1.29 is 4.79 Å². The molecule has 3 aromatic rings. The van der Waals surface area contributed by atoms with Crippen LogP contribution in [0.2, 0.25) is 0 Å². The minimum atomic E-state index is -0.117. The molecule has 1 N–H and O–H groups in total. The maximum Gasteiger partial charge on any atom is 0.222 e. The van der Waals surface area contributed by atoms with E-state index in [1.807, 2.05) is 37.0 Å². The zero-order valence-electron chi connectivity index (χ0n) is 18.2. The Balaban J connectivity index is 1.58. The van der Waals surface area contributed by atoms with Crippen LogP contribution in [0, 0.1) is 5.92 Å². The number of amides is 1. The summed E-state index contributed by atoms with van der Waals surface area (Å²) >= 11 is 1.99. The van der Waals surface area contributed by atoms with Gasteiger partial charge in [0.1, 0.15) is 5.82 Å². The van der Waals surface area contributed by atoms with E-state index >= 15 is 0 Å². The van der Waals surface area contributed by atoms with Crippen molar-refractivity contribution in [3.63, 3.8) is 0 Å². The molecule has 1 aliphatic heterocycles. The van der Waals surface area contributed by atoms with Gasteiger partial charge in [-0.15, -0.1) is 0 Å². The van der Waals surface area contributed by atoms with Crippen LogP contribution < -0.4 is 5.32 Å². The van der Waals surface area contributed by atoms with Crippen molar-refractivity contribution in [1.82, 2.24) is 19.4 Å². The number of nitrogens with one attached hydrogen (secondary N) is 1. The molecule has 1 aliphatic rings. The van der Waals surface area contributed by atoms with Gasteiger partial charge in [0.05, 0.1) is 29.0 Å². The lowest BCUT2D eigenvalue weighted by Crippen LogP contribution is -2.43. The fraction of sp³-hybridized carbons (Fsp3) is 0.500. The van der Waals surface area contributed by atoms with Crippen molar-refractivity contribution in [2.45, 2.75) is 51.1 Å². The lowest BCUT2D eigenvalue weighted by Gasteiger charge is -2.38. The number of rotatable bonds is 7. The highest BCUT2D eigenvalue weighted by Gasteiger charge is 2.36. The Morgan fingerprint density at radius 1 is 1.17 bits per heavy atom. The molecular formula is C24H32N4OS. The number of fused-ring (bicyclic) bond motifs is 1. The van der Waals surface area contributed by atoms with E-state index in [1.165, 1.54) is 0 Å². The van der Waals surface area contributed by atoms with Crippen molar-refractivity contribution in [3.8, 4) is 0 Å². The topological polar surface area (TPSA) is 51.9 Å². The third-order valence-corrected chi connectivity index (χ3v) is 7.23. The quantitative estimate of drug-likeness (QED) is 0.587. The Morgan fingerprint density at radius 3 is 2.53 bits per heavy atom. The largest absolute Gasteiger partial charge is 0.348 e. The van der Waals surface area contributed by atoms with Gasteiger partial charge in [-0.3, -0.25) is 4.79 Å². The highest BCUT2D eigenvalue weighted by molar-refractivity contribution is 7.99. The molecule has 30 heavy (non-hydrogen) atoms. The molecule has 1 saturated heterocycles. The van der Waals surface area contributed by atoms with E-state index in [4.69, 9.17) is 4.98 Å². The molecule has 6 heteroatoms. The lowest BCUT2D eigenvalue weighted by molar-refractivity contribution is -0.124. The monoisotopic (exact) mass is 424 g/mol. The van der Waals surface area contributed by atoms with E-state index in [9.17, 15) is 4.79 Å². The van der Waals surface area contributed by atoms with Crippen molar-refractivity contribution in [2.75, 3.05) is 11.5 Å². The molecule has 1 atom stereocenters. The number of carbonyl (C=O) groups is 1. The lowest BCUT2D eigenvalue weighted by atomic mass is 9.87. The third kappa shape index (κ3) is 4.29. The summed E-state index contributed by atoms with van der Waals surface area (Å²) in [5.41, 5.74) is 1.96. The molecule has 1 amide bonds. The Labute approximate surface area is 183 Å². The molecule has 0 aliphatic carbocycles. The number of hydrogen-bond donors (Lipinski definition) is 1. The number of hydrogen-bond acceptors (Lipinski definition) is 3. The van der Waals surface area contributed by atoms with Gasteiger partial charge >= 0.3 is 0 Å². The number of carbonyl (C=O) groups excluding carboxylic acids is 1. The molecule has 4 rings (SSSR count). The van der Waals surface area contributed by atoms with Crippen LogP contribution in [0.25, 0.3) is 11.0 Å². The van der Waals surface area contributed by atoms with Crippen LogP contribution in [0.15, 0.2) is 48.8 Å². The van der Waals surface area contributed by atoms with E-state index in [1.54, 1.807) is 0 Å². The van der Waals surface area contributed by atoms with Gasteiger partial charge in [0.15, 0.2) is 0 Å². The van der Waals surface area contributed by atoms with Gasteiger partial charge in [-0.25, -0.2) is 4.98 Å². The second kappa shape index (κ2) is 8.88. The first-order chi connectivity index (χ1) is 14.5. The van der Waals surface area contributed by atoms with Gasteiger partial charge in [0.25, 0.3) is 0 Å². The second-order valence-corrected chi connectivity index (χ2v) is 10.1. The average molecular weight is 425 g/mol. The summed E-state index contributed by atoms with van der Waals surface area (Å²) in [6.45, 7) is 4.39. The second-order valence-electron chi connectivity index (χ2n) is 8.87. The molecule has 2 aromatic heterocycles. The van der Waals surface area contributed by atoms with Gasteiger partial charge in [-0.2, -0.15) is 11.8 Å². The van der Waals surface area contributed by atoms with Crippen LogP contribution in [0.4, 0.5) is 0 Å². The number of aryl methyl sites for hydroxylation is 1. The number of imidazole rings is 1. The molecule has 0 bridgehead atoms. The first-order valence-electron chi connectivity index (χ1n) is 10.9. The molecule has 5 nitrogen and oxygen atoms in total. The Kier molecular flexibility index (Phi) is 6.23. The van der Waals surface area contributed by atoms with Crippen LogP contribution in [0.3, 0.4) is 0 Å². The zero-order chi connectivity index (χ0) is 21.1. The van der Waals surface area contributed by atoms with Crippen LogP contribution in [-0.2, 0) is 17.4 Å². The molecule has 0 spiro atoms. The van der Waals surface area contributed by atoms with Crippen molar-refractivity contribution >= 4 is 28.7 Å². The van der Waals surface area contributed by atoms with Crippen LogP contribution in [0.5, 0.6) is 0 Å². The third-order valence-electron chi connectivity index (χ3n) is 6.24. The number of nitrogens with zero attached hydrogens (tertiary/aromatic N) is 3. The minimum absolute atomic E-state index is 0.0884. The Hall–Kier alpha value is -2.21. The van der Waals surface area contributed by atoms with E-state index in [0.29, 0.717) is 12.3 Å². The SMILES string of the molecule is CC(C)C[C@@H](NC(=O)CC1(n2cccc2)CCSCC1)c1nc2ccccc2n1C. The minimum Gasteiger partial charge on any atom is -0.348 e. The summed E-state index contributed by atoms with van der Waals surface area (Å²) in [5, 5.41) is 3.36. The van der Waals surface area contributed by atoms with Gasteiger partial charge in [-0.1, -0.05) is 26.0 Å². The van der Waals surface area contributed by atoms with E-state index in [0.717, 1.165) is 47.6 Å². The predicted octanol–water partition coefficient (Wildman–Crippen LogP) is 4.89. The van der Waals surface area contributed by atoms with Crippen LogP contribution in [0.1, 0.15) is 51.4 Å². The molecular weight excluding hydrogens is 392 g/mol. The van der Waals surface area contributed by atoms with Gasteiger partial charge in [-0.05, 0) is 61.0 Å². The zero-order valence-corrected chi connectivity index (χ0v) is 19.0. The van der Waals surface area contributed by atoms with Crippen LogP contribution >= 0.6 is 11.8 Å². The molecule has 0 saturated carbocycles. The normalized spacial score (nSPS) is 17.3. The molecule has 0 unspecified atom stereocenters. The van der Waals surface area contributed by atoms with Crippen molar-refractivity contribution in [2.24, 2.45) is 13.0 Å². The maximum atomic E-state index is 13.3. The fourth-order valence-corrected chi connectivity index (χ4v) is 5.90. The van der Waals surface area contributed by atoms with E-state index in [-0.39, 0.29) is 17.5 Å². The molecule has 0 radical (unpaired) electrons. The van der Waals surface area contributed by atoms with Crippen molar-refractivity contribution in [1.29, 1.82) is 0 Å². The van der Waals surface area contributed by atoms with Gasteiger partial charge in [0, 0.05) is 19.4 Å².